The number of benzene rings is 1. The summed E-state index contributed by atoms with van der Waals surface area (Å²) < 4.78 is 2.61. The van der Waals surface area contributed by atoms with Crippen molar-refractivity contribution in [3.8, 4) is 5.95 Å². The van der Waals surface area contributed by atoms with Crippen molar-refractivity contribution in [2.75, 3.05) is 5.32 Å². The molecule has 0 aliphatic heterocycles. The zero-order valence-corrected chi connectivity index (χ0v) is 12.4. The summed E-state index contributed by atoms with van der Waals surface area (Å²) in [6.07, 6.45) is 4.96. The molecule has 0 radical (unpaired) electrons. The van der Waals surface area contributed by atoms with Gasteiger partial charge in [-0.1, -0.05) is 22.0 Å². The Morgan fingerprint density at radius 1 is 1.20 bits per heavy atom. The van der Waals surface area contributed by atoms with Gasteiger partial charge in [-0.05, 0) is 29.8 Å². The molecule has 0 spiro atoms. The van der Waals surface area contributed by atoms with Crippen molar-refractivity contribution >= 4 is 39.2 Å². The van der Waals surface area contributed by atoms with Crippen molar-refractivity contribution in [3.63, 3.8) is 0 Å². The highest BCUT2D eigenvalue weighted by Gasteiger charge is 2.07. The summed E-state index contributed by atoms with van der Waals surface area (Å²) in [6, 6.07) is 7.66. The van der Waals surface area contributed by atoms with Crippen LogP contribution in [-0.2, 0) is 0 Å². The summed E-state index contributed by atoms with van der Waals surface area (Å²) >= 11 is 9.32. The van der Waals surface area contributed by atoms with Gasteiger partial charge in [0.25, 0.3) is 0 Å². The van der Waals surface area contributed by atoms with Crippen molar-refractivity contribution in [1.29, 1.82) is 0 Å². The van der Waals surface area contributed by atoms with Gasteiger partial charge in [0, 0.05) is 22.6 Å². The topological polar surface area (TPSA) is 68.5 Å². The third-order valence-electron chi connectivity index (χ3n) is 2.41. The first kappa shape index (κ1) is 13.0. The Bertz CT molecular complexity index is 731. The van der Waals surface area contributed by atoms with Gasteiger partial charge in [-0.3, -0.25) is 4.57 Å². The van der Waals surface area contributed by atoms with Crippen LogP contribution in [0.5, 0.6) is 0 Å². The minimum atomic E-state index is 0.112. The fourth-order valence-electron chi connectivity index (χ4n) is 1.58. The van der Waals surface area contributed by atoms with Gasteiger partial charge in [0.2, 0.25) is 17.2 Å². The Labute approximate surface area is 128 Å². The summed E-state index contributed by atoms with van der Waals surface area (Å²) in [5.74, 6) is 0.770. The Balaban J connectivity index is 1.94. The fourth-order valence-corrected chi connectivity index (χ4v) is 2.14. The summed E-state index contributed by atoms with van der Waals surface area (Å²) in [5.41, 5.74) is 0.846. The molecule has 100 valence electrons. The van der Waals surface area contributed by atoms with Crippen LogP contribution >= 0.6 is 27.5 Å². The number of hydrogen-bond donors (Lipinski definition) is 1. The number of nitrogens with one attached hydrogen (secondary N) is 1. The Morgan fingerprint density at radius 2 is 2.10 bits per heavy atom. The van der Waals surface area contributed by atoms with Gasteiger partial charge in [-0.2, -0.15) is 15.0 Å². The van der Waals surface area contributed by atoms with Gasteiger partial charge >= 0.3 is 0 Å². The van der Waals surface area contributed by atoms with Crippen LogP contribution < -0.4 is 5.32 Å². The van der Waals surface area contributed by atoms with Crippen LogP contribution in [0.3, 0.4) is 0 Å². The molecule has 1 N–H and O–H groups in total. The lowest BCUT2D eigenvalue weighted by molar-refractivity contribution is 0.899. The quantitative estimate of drug-likeness (QED) is 0.784. The average molecular weight is 352 g/mol. The van der Waals surface area contributed by atoms with E-state index in [0.717, 1.165) is 10.2 Å². The molecule has 20 heavy (non-hydrogen) atoms. The highest BCUT2D eigenvalue weighted by atomic mass is 79.9. The molecule has 0 saturated heterocycles. The molecule has 3 aromatic rings. The van der Waals surface area contributed by atoms with E-state index in [1.807, 2.05) is 24.3 Å². The third kappa shape index (κ3) is 2.94. The lowest BCUT2D eigenvalue weighted by atomic mass is 10.3. The van der Waals surface area contributed by atoms with Gasteiger partial charge in [0.15, 0.2) is 0 Å². The minimum absolute atomic E-state index is 0.112. The van der Waals surface area contributed by atoms with E-state index < -0.39 is 0 Å². The molecular weight excluding hydrogens is 344 g/mol. The van der Waals surface area contributed by atoms with E-state index in [-0.39, 0.29) is 5.28 Å². The zero-order valence-electron chi connectivity index (χ0n) is 10.0. The maximum atomic E-state index is 5.92. The minimum Gasteiger partial charge on any atom is -0.324 e. The first-order valence-electron chi connectivity index (χ1n) is 5.63. The molecule has 0 saturated carbocycles. The van der Waals surface area contributed by atoms with E-state index in [1.54, 1.807) is 23.3 Å². The summed E-state index contributed by atoms with van der Waals surface area (Å²) in [4.78, 5) is 16.3. The highest BCUT2D eigenvalue weighted by Crippen LogP contribution is 2.19. The summed E-state index contributed by atoms with van der Waals surface area (Å²) in [5, 5.41) is 3.19. The molecule has 0 amide bonds. The molecule has 8 heteroatoms. The molecule has 0 fully saturated rings. The number of hydrogen-bond acceptors (Lipinski definition) is 5. The van der Waals surface area contributed by atoms with Crippen molar-refractivity contribution in [3.05, 3.63) is 52.7 Å². The van der Waals surface area contributed by atoms with Crippen LogP contribution in [0, 0.1) is 0 Å². The average Bonchev–Trinajstić information content (AvgIpc) is 2.91. The van der Waals surface area contributed by atoms with Crippen LogP contribution in [0.1, 0.15) is 0 Å². The van der Waals surface area contributed by atoms with Gasteiger partial charge in [-0.15, -0.1) is 0 Å². The number of imidazole rings is 1. The SMILES string of the molecule is Clc1nc(Nc2cccc(Br)c2)nc(-n2ccnc2)n1. The zero-order chi connectivity index (χ0) is 13.9. The molecule has 2 heterocycles. The van der Waals surface area contributed by atoms with Crippen LogP contribution in [0.2, 0.25) is 5.28 Å². The van der Waals surface area contributed by atoms with E-state index in [4.69, 9.17) is 11.6 Å². The molecule has 6 nitrogen and oxygen atoms in total. The van der Waals surface area contributed by atoms with E-state index in [0.29, 0.717) is 11.9 Å². The highest BCUT2D eigenvalue weighted by molar-refractivity contribution is 9.10. The maximum Gasteiger partial charge on any atom is 0.241 e. The third-order valence-corrected chi connectivity index (χ3v) is 3.07. The number of anilines is 2. The molecule has 3 rings (SSSR count). The molecule has 0 bridgehead atoms. The van der Waals surface area contributed by atoms with Crippen molar-refractivity contribution in [2.24, 2.45) is 0 Å². The Hall–Kier alpha value is -1.99. The molecule has 0 aliphatic carbocycles. The lowest BCUT2D eigenvalue weighted by Crippen LogP contribution is -2.05. The van der Waals surface area contributed by atoms with E-state index in [2.05, 4.69) is 41.2 Å². The second-order valence-electron chi connectivity index (χ2n) is 3.83. The Morgan fingerprint density at radius 3 is 2.85 bits per heavy atom. The molecule has 0 atom stereocenters. The normalized spacial score (nSPS) is 10.5. The van der Waals surface area contributed by atoms with Crippen LogP contribution in [0.4, 0.5) is 11.6 Å². The van der Waals surface area contributed by atoms with Crippen molar-refractivity contribution < 1.29 is 0 Å². The monoisotopic (exact) mass is 350 g/mol. The predicted octanol–water partition coefficient (Wildman–Crippen LogP) is 3.22. The van der Waals surface area contributed by atoms with Gasteiger partial charge in [0.05, 0.1) is 0 Å². The van der Waals surface area contributed by atoms with Crippen molar-refractivity contribution in [2.45, 2.75) is 0 Å². The number of rotatable bonds is 3. The lowest BCUT2D eigenvalue weighted by Gasteiger charge is -2.07. The standard InChI is InChI=1S/C12H8BrClN6/c13-8-2-1-3-9(6-8)16-11-17-10(14)18-12(19-11)20-5-4-15-7-20/h1-7H,(H,16,17,18,19). The summed E-state index contributed by atoms with van der Waals surface area (Å²) in [7, 11) is 0. The molecular formula is C12H8BrClN6. The van der Waals surface area contributed by atoms with Gasteiger partial charge in [-0.25, -0.2) is 4.98 Å². The van der Waals surface area contributed by atoms with E-state index in [1.165, 1.54) is 0 Å². The molecule has 1 aromatic carbocycles. The molecule has 0 aliphatic rings. The van der Waals surface area contributed by atoms with E-state index >= 15 is 0 Å². The van der Waals surface area contributed by atoms with Crippen LogP contribution in [0.25, 0.3) is 5.95 Å². The maximum absolute atomic E-state index is 5.92. The van der Waals surface area contributed by atoms with Crippen molar-refractivity contribution in [1.82, 2.24) is 24.5 Å². The predicted molar refractivity (Wildman–Crippen MR) is 79.4 cm³/mol. The Kier molecular flexibility index (Phi) is 3.62. The summed E-state index contributed by atoms with van der Waals surface area (Å²) in [6.45, 7) is 0. The smallest absolute Gasteiger partial charge is 0.241 e. The van der Waals surface area contributed by atoms with Gasteiger partial charge in [0.1, 0.15) is 6.33 Å². The van der Waals surface area contributed by atoms with Crippen LogP contribution in [-0.4, -0.2) is 24.5 Å². The first-order valence-corrected chi connectivity index (χ1v) is 6.80. The first-order chi connectivity index (χ1) is 9.70. The second kappa shape index (κ2) is 5.56. The second-order valence-corrected chi connectivity index (χ2v) is 5.09. The van der Waals surface area contributed by atoms with Gasteiger partial charge < -0.3 is 5.32 Å². The fraction of sp³-hybridized carbons (Fsp3) is 0. The number of aromatic nitrogens is 5. The van der Waals surface area contributed by atoms with Crippen LogP contribution in [0.15, 0.2) is 47.5 Å². The van der Waals surface area contributed by atoms with E-state index in [9.17, 15) is 0 Å². The number of nitrogens with zero attached hydrogens (tertiary/aromatic N) is 5. The molecule has 2 aromatic heterocycles. The molecule has 0 unspecified atom stereocenters. The largest absolute Gasteiger partial charge is 0.324 e. The number of halogens is 2.